The maximum absolute atomic E-state index is 11.0. The molecule has 50 heavy (non-hydrogen) atoms. The zero-order valence-corrected chi connectivity index (χ0v) is 30.5. The lowest BCUT2D eigenvalue weighted by atomic mass is 9.62. The van der Waals surface area contributed by atoms with Crippen LogP contribution in [0, 0.1) is 16.7 Å². The summed E-state index contributed by atoms with van der Waals surface area (Å²) in [5.74, 6) is 3.16. The average molecular weight is 668 g/mol. The van der Waals surface area contributed by atoms with Gasteiger partial charge in [0.1, 0.15) is 23.0 Å². The van der Waals surface area contributed by atoms with Crippen molar-refractivity contribution in [2.24, 2.45) is 16.3 Å². The van der Waals surface area contributed by atoms with Crippen LogP contribution in [0.1, 0.15) is 102 Å². The van der Waals surface area contributed by atoms with E-state index in [4.69, 9.17) is 14.8 Å². The fraction of sp³-hybridized carbons (Fsp3) is 0.378. The fourth-order valence-corrected chi connectivity index (χ4v) is 8.00. The molecule has 2 unspecified atom stereocenters. The highest BCUT2D eigenvalue weighted by molar-refractivity contribution is 6.29. The largest absolute Gasteiger partial charge is 0.512 e. The molecule has 0 amide bonds. The molecule has 2 aromatic rings. The summed E-state index contributed by atoms with van der Waals surface area (Å²) >= 11 is 0. The van der Waals surface area contributed by atoms with E-state index in [0.29, 0.717) is 42.2 Å². The minimum atomic E-state index is -0.340. The van der Waals surface area contributed by atoms with Crippen LogP contribution in [-0.4, -0.2) is 23.3 Å². The lowest BCUT2D eigenvalue weighted by Gasteiger charge is -2.43. The topological polar surface area (TPSA) is 81.6 Å². The Morgan fingerprint density at radius 2 is 2.00 bits per heavy atom. The number of furan rings is 1. The predicted molar refractivity (Wildman–Crippen MR) is 211 cm³/mol. The molecule has 260 valence electrons. The molecule has 0 saturated carbocycles. The normalized spacial score (nSPS) is 22.4. The van der Waals surface area contributed by atoms with Gasteiger partial charge in [0.2, 0.25) is 0 Å². The van der Waals surface area contributed by atoms with Gasteiger partial charge < -0.3 is 14.8 Å². The second kappa shape index (κ2) is 15.5. The number of aliphatic hydroxyl groups is 1. The van der Waals surface area contributed by atoms with E-state index in [1.165, 1.54) is 16.7 Å². The lowest BCUT2D eigenvalue weighted by molar-refractivity contribution is 0.374. The molecule has 0 aliphatic heterocycles. The van der Waals surface area contributed by atoms with E-state index in [-0.39, 0.29) is 5.41 Å². The predicted octanol–water partition coefficient (Wildman–Crippen LogP) is 11.7. The van der Waals surface area contributed by atoms with Gasteiger partial charge in [-0.15, -0.1) is 0 Å². The van der Waals surface area contributed by atoms with Crippen LogP contribution in [0.2, 0.25) is 0 Å². The summed E-state index contributed by atoms with van der Waals surface area (Å²) in [7, 11) is 0. The second-order valence-corrected chi connectivity index (χ2v) is 14.2. The second-order valence-electron chi connectivity index (χ2n) is 14.2. The van der Waals surface area contributed by atoms with Crippen molar-refractivity contribution in [2.45, 2.75) is 91.9 Å². The van der Waals surface area contributed by atoms with E-state index in [0.717, 1.165) is 84.0 Å². The van der Waals surface area contributed by atoms with Crippen LogP contribution in [-0.2, 0) is 6.42 Å². The number of hydrogen-bond donors (Lipinski definition) is 3. The number of fused-ring (bicyclic) bond motifs is 3. The van der Waals surface area contributed by atoms with E-state index in [1.54, 1.807) is 0 Å². The van der Waals surface area contributed by atoms with Gasteiger partial charge in [0.25, 0.3) is 0 Å². The van der Waals surface area contributed by atoms with E-state index in [2.05, 4.69) is 99.0 Å². The first-order chi connectivity index (χ1) is 24.3. The van der Waals surface area contributed by atoms with Crippen molar-refractivity contribution in [3.05, 3.63) is 136 Å². The van der Waals surface area contributed by atoms with Crippen molar-refractivity contribution in [2.75, 3.05) is 6.54 Å². The summed E-state index contributed by atoms with van der Waals surface area (Å²) in [4.78, 5) is 5.09. The van der Waals surface area contributed by atoms with Crippen LogP contribution < -0.4 is 5.32 Å². The van der Waals surface area contributed by atoms with E-state index < -0.39 is 0 Å². The van der Waals surface area contributed by atoms with Gasteiger partial charge in [-0.2, -0.15) is 0 Å². The molecule has 4 aliphatic carbocycles. The molecule has 6 rings (SSSR count). The summed E-state index contributed by atoms with van der Waals surface area (Å²) < 4.78 is 6.60. The quantitative estimate of drug-likeness (QED) is 0.0733. The summed E-state index contributed by atoms with van der Waals surface area (Å²) in [5, 5.41) is 25.0. The first-order valence-corrected chi connectivity index (χ1v) is 18.6. The van der Waals surface area contributed by atoms with Gasteiger partial charge in [0.05, 0.1) is 5.76 Å². The van der Waals surface area contributed by atoms with E-state index >= 15 is 0 Å². The van der Waals surface area contributed by atoms with Crippen molar-refractivity contribution in [1.29, 1.82) is 5.41 Å². The summed E-state index contributed by atoms with van der Waals surface area (Å²) in [6.45, 7) is 11.4. The third-order valence-corrected chi connectivity index (χ3v) is 10.6. The Bertz CT molecular complexity index is 1950. The number of nitrogens with one attached hydrogen (secondary N) is 2. The highest BCUT2D eigenvalue weighted by Gasteiger charge is 2.40. The van der Waals surface area contributed by atoms with Crippen LogP contribution in [0.15, 0.2) is 129 Å². The molecule has 0 radical (unpaired) electrons. The van der Waals surface area contributed by atoms with Crippen molar-refractivity contribution in [1.82, 2.24) is 5.32 Å². The number of benzene rings is 1. The zero-order chi connectivity index (χ0) is 35.3. The molecule has 5 nitrogen and oxygen atoms in total. The van der Waals surface area contributed by atoms with Gasteiger partial charge in [0.15, 0.2) is 0 Å². The summed E-state index contributed by atoms with van der Waals surface area (Å²) in [6.07, 6.45) is 32.7. The molecular weight excluding hydrogens is 615 g/mol. The Kier molecular flexibility index (Phi) is 10.9. The van der Waals surface area contributed by atoms with Gasteiger partial charge in [-0.3, -0.25) is 5.41 Å². The van der Waals surface area contributed by atoms with Gasteiger partial charge in [-0.05, 0) is 74.1 Å². The fourth-order valence-electron chi connectivity index (χ4n) is 8.00. The van der Waals surface area contributed by atoms with Crippen molar-refractivity contribution in [3.63, 3.8) is 0 Å². The van der Waals surface area contributed by atoms with Crippen LogP contribution in [0.5, 0.6) is 0 Å². The van der Waals surface area contributed by atoms with Crippen molar-refractivity contribution >= 4 is 28.2 Å². The third-order valence-electron chi connectivity index (χ3n) is 10.6. The van der Waals surface area contributed by atoms with Crippen LogP contribution in [0.4, 0.5) is 0 Å². The number of allylic oxidation sites excluding steroid dienone is 14. The standard InChI is InChI=1S/C45H53N3O2/c1-6-9-26-45(5,42-30(4)27-37(42)34(17-7-2)38(49)8-3)29-47-44(48-43(46)32-20-14-11-15-21-32)36-22-16-23-39-41(36)35-25-24-33(28-40(35)50-39)31-18-12-10-13-19-31/h7,9-14,17-18,20,22,24-26,28,30-31,49H,6,8,15-16,19,21,23,27,29H2,1-5H3,(H2,46,47,48)/b17-7-,26-9-,38-34+/t30?,31?,45-/m0/s1. The molecule has 0 spiro atoms. The molecule has 3 N–H and O–H groups in total. The Labute approximate surface area is 298 Å². The molecular formula is C45H53N3O2. The smallest absolute Gasteiger partial charge is 0.150 e. The molecule has 3 atom stereocenters. The van der Waals surface area contributed by atoms with Gasteiger partial charge in [0, 0.05) is 52.8 Å². The van der Waals surface area contributed by atoms with E-state index in [1.807, 2.05) is 32.1 Å². The summed E-state index contributed by atoms with van der Waals surface area (Å²) in [5.41, 5.74) is 8.41. The molecule has 0 bridgehead atoms. The van der Waals surface area contributed by atoms with Gasteiger partial charge >= 0.3 is 0 Å². The Morgan fingerprint density at radius 1 is 1.14 bits per heavy atom. The van der Waals surface area contributed by atoms with Gasteiger partial charge in [-0.1, -0.05) is 118 Å². The Balaban J connectivity index is 1.42. The number of aryl methyl sites for hydroxylation is 1. The maximum Gasteiger partial charge on any atom is 0.150 e. The van der Waals surface area contributed by atoms with Crippen LogP contribution in [0.25, 0.3) is 16.5 Å². The number of hydrogen-bond acceptors (Lipinski definition) is 3. The average Bonchev–Trinajstić information content (AvgIpc) is 3.52. The number of amidine groups is 2. The number of rotatable bonds is 11. The highest BCUT2D eigenvalue weighted by Crippen LogP contribution is 2.50. The Hall–Kier alpha value is -4.64. The van der Waals surface area contributed by atoms with Crippen LogP contribution in [0.3, 0.4) is 0 Å². The van der Waals surface area contributed by atoms with Gasteiger partial charge in [-0.25, -0.2) is 4.99 Å². The third kappa shape index (κ3) is 7.14. The van der Waals surface area contributed by atoms with E-state index in [9.17, 15) is 5.11 Å². The van der Waals surface area contributed by atoms with Crippen molar-refractivity contribution < 1.29 is 9.52 Å². The Morgan fingerprint density at radius 3 is 2.70 bits per heavy atom. The maximum atomic E-state index is 11.0. The molecule has 1 aromatic carbocycles. The molecule has 1 aromatic heterocycles. The molecule has 5 heteroatoms. The molecule has 4 aliphatic rings. The minimum absolute atomic E-state index is 0.297. The number of nitrogens with zero attached hydrogens (tertiary/aromatic N) is 1. The zero-order valence-electron chi connectivity index (χ0n) is 30.5. The SMILES string of the molecule is C/C=C\C(C1=C([C@@](C)(/C=C\CC)CN/C(=N\C(=N)C2=CC=CCC2)C2=CCCc3oc4cc(C5C=CC=CC5)ccc4c32)C(C)C1)=C(/O)CC. The number of aliphatic imine (C=N–C) groups is 1. The first kappa shape index (κ1) is 35.2. The minimum Gasteiger partial charge on any atom is -0.512 e. The lowest BCUT2D eigenvalue weighted by Crippen LogP contribution is -2.41. The number of aliphatic hydroxyl groups excluding tert-OH is 1. The highest BCUT2D eigenvalue weighted by atomic mass is 16.3. The van der Waals surface area contributed by atoms with Crippen molar-refractivity contribution in [3.8, 4) is 0 Å². The summed E-state index contributed by atoms with van der Waals surface area (Å²) in [6, 6.07) is 6.67. The monoisotopic (exact) mass is 667 g/mol. The molecule has 0 fully saturated rings. The van der Waals surface area contributed by atoms with Crippen LogP contribution >= 0.6 is 0 Å². The molecule has 1 heterocycles. The molecule has 0 saturated heterocycles. The first-order valence-electron chi connectivity index (χ1n) is 18.6.